The van der Waals surface area contributed by atoms with Gasteiger partial charge in [0.05, 0.1) is 5.69 Å². The Morgan fingerprint density at radius 2 is 2.16 bits per heavy atom. The summed E-state index contributed by atoms with van der Waals surface area (Å²) in [5, 5.41) is 3.34. The third-order valence-corrected chi connectivity index (χ3v) is 3.06. The highest BCUT2D eigenvalue weighted by atomic mass is 79.9. The van der Waals surface area contributed by atoms with E-state index in [4.69, 9.17) is 16.3 Å². The van der Waals surface area contributed by atoms with Gasteiger partial charge in [-0.25, -0.2) is 14.4 Å². The number of nitrogens with one attached hydrogen (secondary N) is 1. The van der Waals surface area contributed by atoms with Gasteiger partial charge >= 0.3 is 0 Å². The van der Waals surface area contributed by atoms with Gasteiger partial charge in [-0.15, -0.1) is 0 Å². The first-order chi connectivity index (χ1) is 9.08. The molecular weight excluding hydrogens is 337 g/mol. The predicted molar refractivity (Wildman–Crippen MR) is 75.1 cm³/mol. The summed E-state index contributed by atoms with van der Waals surface area (Å²) >= 11 is 9.17. The first-order valence-corrected chi connectivity index (χ1v) is 6.50. The van der Waals surface area contributed by atoms with E-state index in [1.54, 1.807) is 19.2 Å². The molecular formula is C12H10BrClFN3O. The van der Waals surface area contributed by atoms with Crippen LogP contribution in [0.3, 0.4) is 0 Å². The lowest BCUT2D eigenvalue weighted by Gasteiger charge is -2.09. The largest absolute Gasteiger partial charge is 0.377 e. The molecule has 0 amide bonds. The molecule has 1 aromatic carbocycles. The summed E-state index contributed by atoms with van der Waals surface area (Å²) in [5.41, 5.74) is 0.680. The molecule has 0 aliphatic heterocycles. The molecule has 0 aliphatic rings. The summed E-state index contributed by atoms with van der Waals surface area (Å²) in [6.45, 7) is 0.264. The van der Waals surface area contributed by atoms with Crippen LogP contribution in [-0.2, 0) is 11.3 Å². The minimum absolute atomic E-state index is 0.264. The second-order valence-corrected chi connectivity index (χ2v) is 4.92. The van der Waals surface area contributed by atoms with Crippen molar-refractivity contribution in [2.45, 2.75) is 6.61 Å². The van der Waals surface area contributed by atoms with Crippen LogP contribution in [0.15, 0.2) is 28.7 Å². The van der Waals surface area contributed by atoms with Gasteiger partial charge < -0.3 is 10.1 Å². The number of aromatic nitrogens is 2. The molecule has 4 nitrogen and oxygen atoms in total. The van der Waals surface area contributed by atoms with Crippen molar-refractivity contribution in [2.75, 3.05) is 12.4 Å². The quantitative estimate of drug-likeness (QED) is 0.852. The maximum atomic E-state index is 13.0. The van der Waals surface area contributed by atoms with Crippen LogP contribution in [0.2, 0.25) is 5.15 Å². The van der Waals surface area contributed by atoms with Crippen molar-refractivity contribution in [2.24, 2.45) is 0 Å². The molecule has 2 aromatic rings. The fourth-order valence-corrected chi connectivity index (χ4v) is 2.10. The first kappa shape index (κ1) is 14.2. The van der Waals surface area contributed by atoms with Gasteiger partial charge in [-0.1, -0.05) is 11.6 Å². The van der Waals surface area contributed by atoms with Gasteiger partial charge in [0, 0.05) is 17.6 Å². The second-order valence-electron chi connectivity index (χ2n) is 3.67. The average molecular weight is 347 g/mol. The highest BCUT2D eigenvalue weighted by Gasteiger charge is 2.06. The SMILES string of the molecule is COCc1nc(Cl)cc(Nc2ccc(F)cc2Br)n1. The third kappa shape index (κ3) is 3.86. The molecule has 2 rings (SSSR count). The molecule has 7 heteroatoms. The number of anilines is 2. The lowest BCUT2D eigenvalue weighted by atomic mass is 10.3. The molecule has 1 aromatic heterocycles. The van der Waals surface area contributed by atoms with E-state index >= 15 is 0 Å². The highest BCUT2D eigenvalue weighted by molar-refractivity contribution is 9.10. The molecule has 0 fully saturated rings. The van der Waals surface area contributed by atoms with Gasteiger partial charge in [-0.3, -0.25) is 0 Å². The van der Waals surface area contributed by atoms with E-state index in [-0.39, 0.29) is 12.4 Å². The van der Waals surface area contributed by atoms with Crippen LogP contribution in [0.1, 0.15) is 5.82 Å². The Bertz CT molecular complexity index is 597. The monoisotopic (exact) mass is 345 g/mol. The van der Waals surface area contributed by atoms with E-state index in [9.17, 15) is 4.39 Å². The Morgan fingerprint density at radius 1 is 1.37 bits per heavy atom. The van der Waals surface area contributed by atoms with Crippen molar-refractivity contribution in [3.63, 3.8) is 0 Å². The van der Waals surface area contributed by atoms with Crippen LogP contribution in [0, 0.1) is 5.82 Å². The zero-order valence-electron chi connectivity index (χ0n) is 9.95. The smallest absolute Gasteiger partial charge is 0.158 e. The zero-order chi connectivity index (χ0) is 13.8. The molecule has 1 N–H and O–H groups in total. The summed E-state index contributed by atoms with van der Waals surface area (Å²) in [7, 11) is 1.55. The van der Waals surface area contributed by atoms with Crippen LogP contribution < -0.4 is 5.32 Å². The van der Waals surface area contributed by atoms with Gasteiger partial charge in [-0.05, 0) is 34.1 Å². The Labute approximate surface area is 123 Å². The first-order valence-electron chi connectivity index (χ1n) is 5.33. The number of benzene rings is 1. The van der Waals surface area contributed by atoms with E-state index < -0.39 is 0 Å². The average Bonchev–Trinajstić information content (AvgIpc) is 2.32. The standard InChI is InChI=1S/C12H10BrClFN3O/c1-19-6-12-17-10(14)5-11(18-12)16-9-3-2-7(15)4-8(9)13/h2-5H,6H2,1H3,(H,16,17,18). The number of hydrogen-bond donors (Lipinski definition) is 1. The number of halogens is 3. The predicted octanol–water partition coefficient (Wildman–Crippen LogP) is 3.92. The molecule has 0 radical (unpaired) electrons. The molecule has 19 heavy (non-hydrogen) atoms. The number of methoxy groups -OCH3 is 1. The third-order valence-electron chi connectivity index (χ3n) is 2.21. The highest BCUT2D eigenvalue weighted by Crippen LogP contribution is 2.26. The van der Waals surface area contributed by atoms with Crippen molar-refractivity contribution in [3.05, 3.63) is 45.5 Å². The minimum atomic E-state index is -0.321. The van der Waals surface area contributed by atoms with Crippen molar-refractivity contribution in [1.29, 1.82) is 0 Å². The van der Waals surface area contributed by atoms with Crippen molar-refractivity contribution in [1.82, 2.24) is 9.97 Å². The van der Waals surface area contributed by atoms with E-state index in [0.29, 0.717) is 27.0 Å². The van der Waals surface area contributed by atoms with E-state index in [2.05, 4.69) is 31.2 Å². The number of rotatable bonds is 4. The van der Waals surface area contributed by atoms with Crippen LogP contribution in [0.25, 0.3) is 0 Å². The normalized spacial score (nSPS) is 10.5. The molecule has 0 atom stereocenters. The number of ether oxygens (including phenoxy) is 1. The fourth-order valence-electron chi connectivity index (χ4n) is 1.45. The molecule has 0 saturated heterocycles. The number of nitrogens with zero attached hydrogens (tertiary/aromatic N) is 2. The van der Waals surface area contributed by atoms with Crippen molar-refractivity contribution >= 4 is 39.0 Å². The molecule has 1 heterocycles. The molecule has 0 saturated carbocycles. The lowest BCUT2D eigenvalue weighted by Crippen LogP contribution is -2.02. The maximum absolute atomic E-state index is 13.0. The number of hydrogen-bond acceptors (Lipinski definition) is 4. The maximum Gasteiger partial charge on any atom is 0.158 e. The molecule has 0 spiro atoms. The minimum Gasteiger partial charge on any atom is -0.377 e. The van der Waals surface area contributed by atoms with Gasteiger partial charge in [0.15, 0.2) is 5.82 Å². The molecule has 0 bridgehead atoms. The van der Waals surface area contributed by atoms with Gasteiger partial charge in [-0.2, -0.15) is 0 Å². The van der Waals surface area contributed by atoms with Crippen molar-refractivity contribution in [3.8, 4) is 0 Å². The van der Waals surface area contributed by atoms with Gasteiger partial charge in [0.1, 0.15) is 23.4 Å². The summed E-state index contributed by atoms with van der Waals surface area (Å²) in [6, 6.07) is 5.90. The van der Waals surface area contributed by atoms with E-state index in [0.717, 1.165) is 0 Å². The molecule has 0 aliphatic carbocycles. The van der Waals surface area contributed by atoms with E-state index in [1.165, 1.54) is 12.1 Å². The second kappa shape index (κ2) is 6.27. The molecule has 0 unspecified atom stereocenters. The summed E-state index contributed by atoms with van der Waals surface area (Å²) in [5.74, 6) is 0.660. The Kier molecular flexibility index (Phi) is 4.68. The Hall–Kier alpha value is -1.24. The van der Waals surface area contributed by atoms with E-state index in [1.807, 2.05) is 0 Å². The Morgan fingerprint density at radius 3 is 2.84 bits per heavy atom. The Balaban J connectivity index is 2.27. The summed E-state index contributed by atoms with van der Waals surface area (Å²) in [4.78, 5) is 8.26. The topological polar surface area (TPSA) is 47.0 Å². The summed E-state index contributed by atoms with van der Waals surface area (Å²) in [6.07, 6.45) is 0. The van der Waals surface area contributed by atoms with Crippen LogP contribution in [0.5, 0.6) is 0 Å². The zero-order valence-corrected chi connectivity index (χ0v) is 12.3. The summed E-state index contributed by atoms with van der Waals surface area (Å²) < 4.78 is 18.5. The van der Waals surface area contributed by atoms with Gasteiger partial charge in [0.25, 0.3) is 0 Å². The van der Waals surface area contributed by atoms with Crippen LogP contribution >= 0.6 is 27.5 Å². The van der Waals surface area contributed by atoms with Crippen LogP contribution in [-0.4, -0.2) is 17.1 Å². The fraction of sp³-hybridized carbons (Fsp3) is 0.167. The lowest BCUT2D eigenvalue weighted by molar-refractivity contribution is 0.178. The van der Waals surface area contributed by atoms with Crippen LogP contribution in [0.4, 0.5) is 15.9 Å². The van der Waals surface area contributed by atoms with Crippen molar-refractivity contribution < 1.29 is 9.13 Å². The molecule has 100 valence electrons. The van der Waals surface area contributed by atoms with Gasteiger partial charge in [0.2, 0.25) is 0 Å².